The first-order valence-corrected chi connectivity index (χ1v) is 9.57. The zero-order valence-corrected chi connectivity index (χ0v) is 17.8. The first kappa shape index (κ1) is 26.2. The molecule has 28 heavy (non-hydrogen) atoms. The molecule has 0 fully saturated rings. The van der Waals surface area contributed by atoms with Crippen molar-refractivity contribution in [2.45, 2.75) is 45.7 Å². The summed E-state index contributed by atoms with van der Waals surface area (Å²) in [5, 5.41) is 0.0514. The van der Waals surface area contributed by atoms with Crippen LogP contribution in [0, 0.1) is 5.82 Å². The molecule has 0 heterocycles. The Morgan fingerprint density at radius 1 is 1.21 bits per heavy atom. The van der Waals surface area contributed by atoms with Crippen molar-refractivity contribution in [2.24, 2.45) is 0 Å². The zero-order valence-electron chi connectivity index (χ0n) is 16.2. The molecule has 0 aliphatic heterocycles. The highest BCUT2D eigenvalue weighted by molar-refractivity contribution is 7.99. The molecule has 0 radical (unpaired) electrons. The van der Waals surface area contributed by atoms with Crippen LogP contribution >= 0.6 is 23.4 Å². The highest BCUT2D eigenvalue weighted by Crippen LogP contribution is 2.35. The molecule has 2 amide bonds. The molecule has 0 unspecified atom stereocenters. The number of carbonyl (C=O) groups excluding carboxylic acids is 2. The van der Waals surface area contributed by atoms with Gasteiger partial charge in [0.05, 0.1) is 10.7 Å². The van der Waals surface area contributed by atoms with Crippen LogP contribution in [0.2, 0.25) is 5.02 Å². The summed E-state index contributed by atoms with van der Waals surface area (Å²) in [6.45, 7) is 11.1. The van der Waals surface area contributed by atoms with Gasteiger partial charge in [0.1, 0.15) is 5.82 Å². The van der Waals surface area contributed by atoms with E-state index in [1.807, 2.05) is 13.8 Å². The minimum atomic E-state index is -4.74. The number of hydrogen-bond donors (Lipinski definition) is 0. The maximum atomic E-state index is 14.3. The van der Waals surface area contributed by atoms with Crippen LogP contribution < -0.4 is 4.90 Å². The van der Waals surface area contributed by atoms with E-state index in [2.05, 4.69) is 6.58 Å². The Morgan fingerprint density at radius 3 is 2.18 bits per heavy atom. The van der Waals surface area contributed by atoms with Crippen LogP contribution in [0.1, 0.15) is 34.6 Å². The van der Waals surface area contributed by atoms with Gasteiger partial charge in [-0.05, 0) is 26.0 Å². The lowest BCUT2D eigenvalue weighted by atomic mass is 10.2. The highest BCUT2D eigenvalue weighted by atomic mass is 35.5. The standard InChI is InChI=1S/C17H16ClF4NO2S.C2H6/c1-9(2)8-26-15-7-14(13(19)6-12(15)18)23(11(4)24)16(25)5-10(3)17(20,21)22;1-2/h5-7H,1,8H2,2-4H3;1-2H3/b10-5+;. The second kappa shape index (κ2) is 11.3. The predicted molar refractivity (Wildman–Crippen MR) is 106 cm³/mol. The Kier molecular flexibility index (Phi) is 10.5. The average molecular weight is 440 g/mol. The second-order valence-electron chi connectivity index (χ2n) is 5.50. The van der Waals surface area contributed by atoms with E-state index in [1.165, 1.54) is 11.8 Å². The zero-order chi connectivity index (χ0) is 22.2. The van der Waals surface area contributed by atoms with E-state index in [4.69, 9.17) is 11.6 Å². The van der Waals surface area contributed by atoms with Gasteiger partial charge >= 0.3 is 6.18 Å². The molecule has 0 aromatic heterocycles. The van der Waals surface area contributed by atoms with Crippen LogP contribution in [0.15, 0.2) is 40.8 Å². The van der Waals surface area contributed by atoms with E-state index in [0.717, 1.165) is 24.6 Å². The Bertz CT molecular complexity index is 776. The summed E-state index contributed by atoms with van der Waals surface area (Å²) in [6, 6.07) is 2.06. The number of allylic oxidation sites excluding steroid dienone is 1. The Hall–Kier alpha value is -1.80. The number of imide groups is 1. The quantitative estimate of drug-likeness (QED) is 0.225. The van der Waals surface area contributed by atoms with Crippen LogP contribution in [0.25, 0.3) is 0 Å². The first-order valence-electron chi connectivity index (χ1n) is 8.21. The number of amides is 2. The van der Waals surface area contributed by atoms with Gasteiger partial charge in [0.2, 0.25) is 5.91 Å². The fourth-order valence-electron chi connectivity index (χ4n) is 1.78. The van der Waals surface area contributed by atoms with Crippen molar-refractivity contribution in [1.29, 1.82) is 0 Å². The van der Waals surface area contributed by atoms with Gasteiger partial charge in [-0.25, -0.2) is 9.29 Å². The molecule has 156 valence electrons. The van der Waals surface area contributed by atoms with Crippen molar-refractivity contribution in [3.8, 4) is 0 Å². The first-order chi connectivity index (χ1) is 12.8. The Labute approximate surface area is 171 Å². The lowest BCUT2D eigenvalue weighted by Crippen LogP contribution is -2.35. The fourth-order valence-corrected chi connectivity index (χ4v) is 2.88. The van der Waals surface area contributed by atoms with Gasteiger partial charge in [0.25, 0.3) is 5.91 Å². The van der Waals surface area contributed by atoms with Crippen LogP contribution in [-0.4, -0.2) is 23.7 Å². The number of anilines is 1. The Balaban J connectivity index is 0.00000352. The smallest absolute Gasteiger partial charge is 0.274 e. The van der Waals surface area contributed by atoms with E-state index in [0.29, 0.717) is 22.5 Å². The molecule has 1 aromatic rings. The molecule has 0 bridgehead atoms. The monoisotopic (exact) mass is 439 g/mol. The average Bonchev–Trinajstić information content (AvgIpc) is 2.56. The van der Waals surface area contributed by atoms with Gasteiger partial charge in [0, 0.05) is 29.2 Å². The molecule has 0 aliphatic rings. The van der Waals surface area contributed by atoms with Gasteiger partial charge in [-0.3, -0.25) is 9.59 Å². The maximum Gasteiger partial charge on any atom is 0.412 e. The van der Waals surface area contributed by atoms with Crippen molar-refractivity contribution in [1.82, 2.24) is 0 Å². The summed E-state index contributed by atoms with van der Waals surface area (Å²) in [4.78, 5) is 24.7. The summed E-state index contributed by atoms with van der Waals surface area (Å²) in [6.07, 6.45) is -4.49. The van der Waals surface area contributed by atoms with Gasteiger partial charge in [-0.1, -0.05) is 37.6 Å². The summed E-state index contributed by atoms with van der Waals surface area (Å²) >= 11 is 7.15. The predicted octanol–water partition coefficient (Wildman–Crippen LogP) is 6.56. The molecule has 0 spiro atoms. The molecule has 3 nitrogen and oxygen atoms in total. The number of thioether (sulfide) groups is 1. The number of rotatable bonds is 5. The maximum absolute atomic E-state index is 14.3. The largest absolute Gasteiger partial charge is 0.412 e. The molecule has 1 rings (SSSR count). The van der Waals surface area contributed by atoms with Crippen LogP contribution in [0.4, 0.5) is 23.2 Å². The summed E-state index contributed by atoms with van der Waals surface area (Å²) in [7, 11) is 0. The number of halogens is 5. The number of carbonyl (C=O) groups is 2. The normalized spacial score (nSPS) is 11.4. The van der Waals surface area contributed by atoms with Gasteiger partial charge in [0.15, 0.2) is 0 Å². The molecule has 9 heteroatoms. The number of hydrogen-bond acceptors (Lipinski definition) is 3. The SMILES string of the molecule is C=C(C)CSc1cc(N(C(C)=O)C(=O)/C=C(\C)C(F)(F)F)c(F)cc1Cl.CC. The third-order valence-corrected chi connectivity index (χ3v) is 4.75. The van der Waals surface area contributed by atoms with E-state index < -0.39 is 35.1 Å². The van der Waals surface area contributed by atoms with Crippen molar-refractivity contribution in [2.75, 3.05) is 10.7 Å². The van der Waals surface area contributed by atoms with Crippen molar-refractivity contribution in [3.05, 3.63) is 46.8 Å². The fraction of sp³-hybridized carbons (Fsp3) is 0.368. The molecule has 0 saturated heterocycles. The van der Waals surface area contributed by atoms with E-state index in [-0.39, 0.29) is 11.1 Å². The minimum Gasteiger partial charge on any atom is -0.274 e. The molecule has 0 aliphatic carbocycles. The van der Waals surface area contributed by atoms with Crippen LogP contribution in [0.5, 0.6) is 0 Å². The lowest BCUT2D eigenvalue weighted by molar-refractivity contribution is -0.123. The van der Waals surface area contributed by atoms with Crippen molar-refractivity contribution >= 4 is 40.9 Å². The molecule has 0 N–H and O–H groups in total. The van der Waals surface area contributed by atoms with Gasteiger partial charge in [-0.2, -0.15) is 13.2 Å². The van der Waals surface area contributed by atoms with Gasteiger partial charge in [-0.15, -0.1) is 11.8 Å². The van der Waals surface area contributed by atoms with Crippen LogP contribution in [-0.2, 0) is 9.59 Å². The molecule has 1 aromatic carbocycles. The van der Waals surface area contributed by atoms with E-state index >= 15 is 0 Å². The van der Waals surface area contributed by atoms with Gasteiger partial charge < -0.3 is 0 Å². The Morgan fingerprint density at radius 2 is 1.75 bits per heavy atom. The lowest BCUT2D eigenvalue weighted by Gasteiger charge is -2.20. The number of nitrogens with zero attached hydrogens (tertiary/aromatic N) is 1. The topological polar surface area (TPSA) is 37.4 Å². The summed E-state index contributed by atoms with van der Waals surface area (Å²) in [5.74, 6) is -2.79. The molecular weight excluding hydrogens is 418 g/mol. The van der Waals surface area contributed by atoms with E-state index in [1.54, 1.807) is 6.92 Å². The third-order valence-electron chi connectivity index (χ3n) is 3.04. The second-order valence-corrected chi connectivity index (χ2v) is 6.92. The molecular formula is C19H22ClF4NO2S. The third kappa shape index (κ3) is 7.67. The minimum absolute atomic E-state index is 0.0514. The molecule has 0 saturated carbocycles. The highest BCUT2D eigenvalue weighted by Gasteiger charge is 2.32. The molecule has 0 atom stereocenters. The van der Waals surface area contributed by atoms with Crippen molar-refractivity contribution in [3.63, 3.8) is 0 Å². The summed E-state index contributed by atoms with van der Waals surface area (Å²) < 4.78 is 52.1. The number of benzene rings is 1. The van der Waals surface area contributed by atoms with E-state index in [9.17, 15) is 27.2 Å². The van der Waals surface area contributed by atoms with Crippen molar-refractivity contribution < 1.29 is 27.2 Å². The summed E-state index contributed by atoms with van der Waals surface area (Å²) in [5.41, 5.74) is -0.873. The van der Waals surface area contributed by atoms with Crippen LogP contribution in [0.3, 0.4) is 0 Å². The number of alkyl halides is 3.